The zero-order chi connectivity index (χ0) is 8.41. The zero-order valence-electron chi connectivity index (χ0n) is 6.03. The lowest BCUT2D eigenvalue weighted by molar-refractivity contribution is 0.105. The van der Waals surface area contributed by atoms with E-state index in [0.29, 0.717) is 0 Å². The van der Waals surface area contributed by atoms with E-state index in [1.807, 2.05) is 0 Å². The highest BCUT2D eigenvalue weighted by Gasteiger charge is 2.36. The van der Waals surface area contributed by atoms with Crippen LogP contribution in [-0.2, 0) is 10.1 Å². The van der Waals surface area contributed by atoms with Crippen LogP contribution < -0.4 is 0 Å². The number of hydrogen-bond acceptors (Lipinski definition) is 3. The van der Waals surface area contributed by atoms with E-state index in [4.69, 9.17) is 9.66 Å². The van der Waals surface area contributed by atoms with Gasteiger partial charge in [-0.2, -0.15) is 8.42 Å². The van der Waals surface area contributed by atoms with Gasteiger partial charge in [0.25, 0.3) is 10.1 Å². The molecule has 0 radical (unpaired) electrons. The Kier molecular flexibility index (Phi) is 2.82. The van der Waals surface area contributed by atoms with Crippen LogP contribution in [-0.4, -0.2) is 23.0 Å². The van der Waals surface area contributed by atoms with Crippen LogP contribution in [0.3, 0.4) is 0 Å². The molecule has 0 fully saturated rings. The summed E-state index contributed by atoms with van der Waals surface area (Å²) in [7, 11) is -4.31. The molecule has 0 aliphatic heterocycles. The fourth-order valence-corrected chi connectivity index (χ4v) is 1.34. The largest absolute Gasteiger partial charge is 0.372 e. The molecule has 0 bridgehead atoms. The van der Waals surface area contributed by atoms with Gasteiger partial charge >= 0.3 is 0 Å². The highest BCUT2D eigenvalue weighted by atomic mass is 32.2. The lowest BCUT2D eigenvalue weighted by Gasteiger charge is -2.20. The Hall–Kier alpha value is -0.130. The van der Waals surface area contributed by atoms with Crippen molar-refractivity contribution in [3.8, 4) is 0 Å². The van der Waals surface area contributed by atoms with Crippen LogP contribution in [0.4, 0.5) is 0 Å². The van der Waals surface area contributed by atoms with Gasteiger partial charge in [-0.3, -0.25) is 4.55 Å². The van der Waals surface area contributed by atoms with Crippen molar-refractivity contribution in [2.75, 3.05) is 0 Å². The Morgan fingerprint density at radius 3 is 1.60 bits per heavy atom. The third-order valence-corrected chi connectivity index (χ3v) is 3.12. The van der Waals surface area contributed by atoms with E-state index >= 15 is 0 Å². The van der Waals surface area contributed by atoms with Gasteiger partial charge in [-0.25, -0.2) is 0 Å². The van der Waals surface area contributed by atoms with E-state index in [1.165, 1.54) is 13.8 Å². The molecule has 0 heterocycles. The number of rotatable bonds is 3. The Morgan fingerprint density at radius 2 is 1.60 bits per heavy atom. The molecular formula is C5H12O4S. The monoisotopic (exact) mass is 168 g/mol. The molecule has 0 aromatic rings. The van der Waals surface area contributed by atoms with Gasteiger partial charge in [0, 0.05) is 0 Å². The normalized spacial score (nSPS) is 13.6. The fourth-order valence-electron chi connectivity index (χ4n) is 0.615. The molecule has 0 rings (SSSR count). The third-order valence-electron chi connectivity index (χ3n) is 1.59. The van der Waals surface area contributed by atoms with Crippen molar-refractivity contribution in [2.24, 2.45) is 0 Å². The van der Waals surface area contributed by atoms with E-state index in [1.54, 1.807) is 0 Å². The second kappa shape index (κ2) is 2.86. The predicted octanol–water partition coefficient (Wildman–Crippen LogP) is 0.383. The fraction of sp³-hybridized carbons (Fsp3) is 1.00. The van der Waals surface area contributed by atoms with Crippen molar-refractivity contribution >= 4 is 10.1 Å². The van der Waals surface area contributed by atoms with E-state index in [2.05, 4.69) is 0 Å². The Morgan fingerprint density at radius 1 is 1.30 bits per heavy atom. The standard InChI is InChI=1S/C5H12O4S/c1-3-5(6,4-2)10(7,8)9/h6H,3-4H2,1-2H3,(H,7,8,9). The lowest BCUT2D eigenvalue weighted by Crippen LogP contribution is -2.36. The van der Waals surface area contributed by atoms with Gasteiger partial charge in [0.2, 0.25) is 0 Å². The van der Waals surface area contributed by atoms with E-state index in [0.717, 1.165) is 0 Å². The molecule has 0 unspecified atom stereocenters. The van der Waals surface area contributed by atoms with Crippen LogP contribution in [0.25, 0.3) is 0 Å². The zero-order valence-corrected chi connectivity index (χ0v) is 6.85. The van der Waals surface area contributed by atoms with Crippen molar-refractivity contribution in [2.45, 2.75) is 31.6 Å². The summed E-state index contributed by atoms with van der Waals surface area (Å²) in [6, 6.07) is 0. The summed E-state index contributed by atoms with van der Waals surface area (Å²) in [5.74, 6) is 0. The average Bonchev–Trinajstić information content (AvgIpc) is 1.84. The SMILES string of the molecule is CCC(O)(CC)S(=O)(=O)O. The molecule has 0 atom stereocenters. The summed E-state index contributed by atoms with van der Waals surface area (Å²) in [5, 5.41) is 9.13. The molecule has 0 aliphatic carbocycles. The lowest BCUT2D eigenvalue weighted by atomic mass is 10.2. The minimum absolute atomic E-state index is 0.00231. The van der Waals surface area contributed by atoms with Crippen molar-refractivity contribution in [3.05, 3.63) is 0 Å². The summed E-state index contributed by atoms with van der Waals surface area (Å²) in [4.78, 5) is -1.95. The molecule has 0 saturated carbocycles. The van der Waals surface area contributed by atoms with Crippen molar-refractivity contribution in [3.63, 3.8) is 0 Å². The number of aliphatic hydroxyl groups is 1. The van der Waals surface area contributed by atoms with Crippen molar-refractivity contribution < 1.29 is 18.1 Å². The van der Waals surface area contributed by atoms with Gasteiger partial charge in [-0.05, 0) is 12.8 Å². The molecule has 2 N–H and O–H groups in total. The van der Waals surface area contributed by atoms with Crippen LogP contribution in [0, 0.1) is 0 Å². The maximum absolute atomic E-state index is 10.4. The molecule has 4 nitrogen and oxygen atoms in total. The first-order valence-corrected chi connectivity index (χ1v) is 4.51. The minimum Gasteiger partial charge on any atom is -0.372 e. The second-order valence-corrected chi connectivity index (χ2v) is 3.84. The summed E-state index contributed by atoms with van der Waals surface area (Å²) < 4.78 is 29.3. The Labute approximate surface area is 60.6 Å². The summed E-state index contributed by atoms with van der Waals surface area (Å²) in [6.07, 6.45) is 0.00463. The molecule has 0 aromatic heterocycles. The third kappa shape index (κ3) is 1.68. The first-order valence-electron chi connectivity index (χ1n) is 3.06. The molecule has 62 valence electrons. The van der Waals surface area contributed by atoms with E-state index in [9.17, 15) is 8.42 Å². The number of hydrogen-bond donors (Lipinski definition) is 2. The first-order chi connectivity index (χ1) is 4.37. The van der Waals surface area contributed by atoms with Crippen LogP contribution in [0.15, 0.2) is 0 Å². The van der Waals surface area contributed by atoms with Crippen LogP contribution in [0.5, 0.6) is 0 Å². The molecule has 0 amide bonds. The summed E-state index contributed by atoms with van der Waals surface area (Å²) in [5.41, 5.74) is 0. The van der Waals surface area contributed by atoms with Crippen LogP contribution in [0.2, 0.25) is 0 Å². The Bertz CT molecular complexity index is 190. The first kappa shape index (κ1) is 9.87. The predicted molar refractivity (Wildman–Crippen MR) is 37.1 cm³/mol. The van der Waals surface area contributed by atoms with Gasteiger partial charge in [0.15, 0.2) is 4.93 Å². The summed E-state index contributed by atoms with van der Waals surface area (Å²) in [6.45, 7) is 2.99. The second-order valence-electron chi connectivity index (χ2n) is 2.13. The van der Waals surface area contributed by atoms with Crippen molar-refractivity contribution in [1.29, 1.82) is 0 Å². The molecule has 10 heavy (non-hydrogen) atoms. The molecule has 0 aromatic carbocycles. The molecule has 0 spiro atoms. The van der Waals surface area contributed by atoms with Gasteiger partial charge in [0.05, 0.1) is 0 Å². The minimum atomic E-state index is -4.31. The van der Waals surface area contributed by atoms with Gasteiger partial charge in [-0.15, -0.1) is 0 Å². The van der Waals surface area contributed by atoms with Gasteiger partial charge in [0.1, 0.15) is 0 Å². The van der Waals surface area contributed by atoms with Crippen LogP contribution >= 0.6 is 0 Å². The quantitative estimate of drug-likeness (QED) is 0.597. The van der Waals surface area contributed by atoms with Crippen LogP contribution in [0.1, 0.15) is 26.7 Å². The summed E-state index contributed by atoms with van der Waals surface area (Å²) >= 11 is 0. The van der Waals surface area contributed by atoms with Crippen molar-refractivity contribution in [1.82, 2.24) is 0 Å². The molecule has 5 heteroatoms. The topological polar surface area (TPSA) is 74.6 Å². The highest BCUT2D eigenvalue weighted by Crippen LogP contribution is 2.20. The highest BCUT2D eigenvalue weighted by molar-refractivity contribution is 7.87. The molecular weight excluding hydrogens is 156 g/mol. The molecule has 0 saturated heterocycles. The maximum atomic E-state index is 10.4. The smallest absolute Gasteiger partial charge is 0.294 e. The van der Waals surface area contributed by atoms with E-state index in [-0.39, 0.29) is 12.8 Å². The van der Waals surface area contributed by atoms with Gasteiger partial charge in [-0.1, -0.05) is 13.8 Å². The average molecular weight is 168 g/mol. The van der Waals surface area contributed by atoms with Gasteiger partial charge < -0.3 is 5.11 Å². The Balaban J connectivity index is 4.68. The molecule has 0 aliphatic rings. The maximum Gasteiger partial charge on any atom is 0.294 e. The van der Waals surface area contributed by atoms with E-state index < -0.39 is 15.1 Å².